The fraction of sp³-hybridized carbons (Fsp3) is 0.423. The Morgan fingerprint density at radius 1 is 0.938 bits per heavy atom. The lowest BCUT2D eigenvalue weighted by atomic mass is 9.78. The Balaban J connectivity index is 1.70. The van der Waals surface area contributed by atoms with Crippen LogP contribution >= 0.6 is 7.44 Å². The van der Waals surface area contributed by atoms with Gasteiger partial charge >= 0.3 is 7.44 Å². The van der Waals surface area contributed by atoms with Gasteiger partial charge in [-0.3, -0.25) is 4.57 Å². The molecule has 0 spiro atoms. The zero-order valence-electron chi connectivity index (χ0n) is 19.3. The first-order valence-electron chi connectivity index (χ1n) is 11.7. The van der Waals surface area contributed by atoms with Crippen LogP contribution in [0.4, 0.5) is 11.4 Å². The maximum atomic E-state index is 15.1. The molecule has 1 fully saturated rings. The van der Waals surface area contributed by atoms with Gasteiger partial charge in [-0.15, -0.1) is 0 Å². The van der Waals surface area contributed by atoms with Gasteiger partial charge in [0.2, 0.25) is 0 Å². The van der Waals surface area contributed by atoms with Gasteiger partial charge in [0.25, 0.3) is 0 Å². The molecule has 2 aliphatic heterocycles. The fourth-order valence-electron chi connectivity index (χ4n) is 5.18. The lowest BCUT2D eigenvalue weighted by molar-refractivity contribution is 0.240. The molecule has 2 aromatic carbocycles. The predicted octanol–water partition coefficient (Wildman–Crippen LogP) is 6.99. The number of benzene rings is 2. The highest BCUT2D eigenvalue weighted by molar-refractivity contribution is 7.73. The first-order valence-corrected chi connectivity index (χ1v) is 13.4. The number of likely N-dealkylation sites (tertiary alicyclic amines) is 1. The molecule has 1 atom stereocenters. The molecule has 0 radical (unpaired) electrons. The molecule has 1 aliphatic carbocycles. The molecule has 5 nitrogen and oxygen atoms in total. The Morgan fingerprint density at radius 2 is 1.62 bits per heavy atom. The largest absolute Gasteiger partial charge is 0.374 e. The molecule has 0 aromatic heterocycles. The topological polar surface area (TPSA) is 47.9 Å². The Hall–Kier alpha value is -2.52. The Bertz CT molecular complexity index is 1120. The maximum absolute atomic E-state index is 15.1. The number of anilines is 2. The van der Waals surface area contributed by atoms with Crippen molar-refractivity contribution in [2.24, 2.45) is 10.5 Å². The van der Waals surface area contributed by atoms with Crippen LogP contribution in [0, 0.1) is 12.3 Å². The number of fused-ring (bicyclic) bond motifs is 1. The van der Waals surface area contributed by atoms with Crippen LogP contribution in [0.3, 0.4) is 0 Å². The lowest BCUT2D eigenvalue weighted by Crippen LogP contribution is -2.36. The highest BCUT2D eigenvalue weighted by Gasteiger charge is 2.50. The number of hydrazone groups is 1. The standard InChI is InChI=1S/C26H33N4OP/c1-20-12-8-9-15-22(20)28-32(31)25-23(27-30(32)21-13-6-4-7-14-21)18-26(2,3)19-24(25)29-16-10-5-11-17-29/h4,6-9,12-15H,5,10-11,16-19H2,1-3H3,(H,28,31). The van der Waals surface area contributed by atoms with E-state index in [2.05, 4.69) is 36.8 Å². The van der Waals surface area contributed by atoms with Gasteiger partial charge in [0, 0.05) is 24.5 Å². The third-order valence-corrected chi connectivity index (χ3v) is 9.29. The Morgan fingerprint density at radius 3 is 2.34 bits per heavy atom. The Labute approximate surface area is 191 Å². The number of piperidine rings is 1. The summed E-state index contributed by atoms with van der Waals surface area (Å²) in [4.78, 5) is 2.50. The van der Waals surface area contributed by atoms with Crippen molar-refractivity contribution in [3.05, 3.63) is 71.2 Å². The highest BCUT2D eigenvalue weighted by atomic mass is 31.2. The number of nitrogens with zero attached hydrogens (tertiary/aromatic N) is 3. The summed E-state index contributed by atoms with van der Waals surface area (Å²) in [5.41, 5.74) is 5.17. The van der Waals surface area contributed by atoms with E-state index in [0.717, 1.165) is 53.9 Å². The monoisotopic (exact) mass is 448 g/mol. The van der Waals surface area contributed by atoms with E-state index in [4.69, 9.17) is 5.10 Å². The summed E-state index contributed by atoms with van der Waals surface area (Å²) in [6.07, 6.45) is 5.44. The summed E-state index contributed by atoms with van der Waals surface area (Å²) < 4.78 is 16.9. The van der Waals surface area contributed by atoms with Crippen LogP contribution in [0.1, 0.15) is 51.5 Å². The summed E-state index contributed by atoms with van der Waals surface area (Å²) in [6.45, 7) is 8.75. The SMILES string of the molecule is Cc1ccccc1NP1(=O)C2=C(N3CCCCC3)CC(C)(C)CC2=NN1c1ccccc1. The molecule has 2 aromatic rings. The quantitative estimate of drug-likeness (QED) is 0.512. The molecule has 168 valence electrons. The lowest BCUT2D eigenvalue weighted by Gasteiger charge is -2.41. The molecule has 0 bridgehead atoms. The zero-order chi connectivity index (χ0) is 22.3. The van der Waals surface area contributed by atoms with Gasteiger partial charge in [0.05, 0.1) is 16.7 Å². The maximum Gasteiger partial charge on any atom is 0.313 e. The molecule has 5 rings (SSSR count). The van der Waals surface area contributed by atoms with Crippen molar-refractivity contribution in [3.8, 4) is 0 Å². The normalized spacial score (nSPS) is 24.9. The number of nitrogens with one attached hydrogen (secondary N) is 1. The minimum atomic E-state index is -3.24. The van der Waals surface area contributed by atoms with Crippen LogP contribution in [0.25, 0.3) is 0 Å². The average molecular weight is 449 g/mol. The van der Waals surface area contributed by atoms with Crippen molar-refractivity contribution in [3.63, 3.8) is 0 Å². The third-order valence-electron chi connectivity index (χ3n) is 6.77. The molecule has 1 unspecified atom stereocenters. The van der Waals surface area contributed by atoms with E-state index < -0.39 is 7.44 Å². The molecule has 1 saturated heterocycles. The van der Waals surface area contributed by atoms with Gasteiger partial charge in [-0.1, -0.05) is 50.2 Å². The average Bonchev–Trinajstić information content (AvgIpc) is 3.07. The van der Waals surface area contributed by atoms with Crippen LogP contribution in [-0.4, -0.2) is 23.7 Å². The van der Waals surface area contributed by atoms with Crippen molar-refractivity contribution in [1.82, 2.24) is 4.90 Å². The molecule has 0 amide bonds. The van der Waals surface area contributed by atoms with Gasteiger partial charge in [0.15, 0.2) is 0 Å². The van der Waals surface area contributed by atoms with Crippen molar-refractivity contribution >= 4 is 24.5 Å². The Kier molecular flexibility index (Phi) is 5.41. The predicted molar refractivity (Wildman–Crippen MR) is 134 cm³/mol. The van der Waals surface area contributed by atoms with Gasteiger partial charge in [0.1, 0.15) is 0 Å². The second kappa shape index (κ2) is 8.12. The van der Waals surface area contributed by atoms with E-state index in [1.54, 1.807) is 4.78 Å². The second-order valence-corrected chi connectivity index (χ2v) is 12.2. The van der Waals surface area contributed by atoms with Gasteiger partial charge in [-0.2, -0.15) is 9.88 Å². The van der Waals surface area contributed by atoms with Crippen LogP contribution in [0.5, 0.6) is 0 Å². The van der Waals surface area contributed by atoms with Gasteiger partial charge in [-0.25, -0.2) is 0 Å². The van der Waals surface area contributed by atoms with E-state index in [9.17, 15) is 0 Å². The summed E-state index contributed by atoms with van der Waals surface area (Å²) in [7, 11) is -3.24. The molecule has 0 saturated carbocycles. The minimum absolute atomic E-state index is 0.0926. The van der Waals surface area contributed by atoms with Crippen LogP contribution < -0.4 is 9.87 Å². The van der Waals surface area contributed by atoms with E-state index in [1.165, 1.54) is 25.0 Å². The van der Waals surface area contributed by atoms with Crippen molar-refractivity contribution in [1.29, 1.82) is 0 Å². The number of aryl methyl sites for hydroxylation is 1. The zero-order valence-corrected chi connectivity index (χ0v) is 20.2. The third kappa shape index (κ3) is 3.77. The fourth-order valence-corrected chi connectivity index (χ4v) is 7.89. The van der Waals surface area contributed by atoms with E-state index in [-0.39, 0.29) is 5.41 Å². The van der Waals surface area contributed by atoms with Crippen LogP contribution in [0.15, 0.2) is 70.7 Å². The number of hydrogen-bond donors (Lipinski definition) is 1. The van der Waals surface area contributed by atoms with Crippen LogP contribution in [-0.2, 0) is 4.57 Å². The van der Waals surface area contributed by atoms with Crippen molar-refractivity contribution in [2.75, 3.05) is 23.0 Å². The molecular weight excluding hydrogens is 415 g/mol. The molecular formula is C26H33N4OP. The smallest absolute Gasteiger partial charge is 0.313 e. The number of allylic oxidation sites excluding steroid dienone is 2. The number of para-hydroxylation sites is 2. The van der Waals surface area contributed by atoms with Crippen LogP contribution in [0.2, 0.25) is 0 Å². The summed E-state index contributed by atoms with van der Waals surface area (Å²) >= 11 is 0. The highest BCUT2D eigenvalue weighted by Crippen LogP contribution is 2.66. The first-order chi connectivity index (χ1) is 15.4. The first kappa shape index (κ1) is 21.3. The number of rotatable bonds is 4. The van der Waals surface area contributed by atoms with E-state index in [1.807, 2.05) is 48.5 Å². The van der Waals surface area contributed by atoms with Gasteiger partial charge < -0.3 is 9.99 Å². The summed E-state index contributed by atoms with van der Waals surface area (Å²) in [5.74, 6) is 0. The molecule has 3 aliphatic rings. The summed E-state index contributed by atoms with van der Waals surface area (Å²) in [6, 6.07) is 18.0. The van der Waals surface area contributed by atoms with Crippen molar-refractivity contribution < 1.29 is 4.57 Å². The second-order valence-electron chi connectivity index (χ2n) is 10.0. The molecule has 2 heterocycles. The van der Waals surface area contributed by atoms with E-state index >= 15 is 4.57 Å². The summed E-state index contributed by atoms with van der Waals surface area (Å²) in [5, 5.41) is 9.50. The molecule has 32 heavy (non-hydrogen) atoms. The van der Waals surface area contributed by atoms with Crippen molar-refractivity contribution in [2.45, 2.75) is 52.9 Å². The number of hydrogen-bond acceptors (Lipinski definition) is 3. The molecule has 6 heteroatoms. The molecule has 1 N–H and O–H groups in total. The van der Waals surface area contributed by atoms with Gasteiger partial charge in [-0.05, 0) is 68.2 Å². The van der Waals surface area contributed by atoms with E-state index in [0.29, 0.717) is 0 Å². The minimum Gasteiger partial charge on any atom is -0.374 e.